The Labute approximate surface area is 156 Å². The SMILES string of the molecule is COc1ccc(N(CCC(N)=O)C(=O)COc2ccccc2C(N)=O)cc1. The Hall–Kier alpha value is -3.55. The number of benzene rings is 2. The second-order valence-corrected chi connectivity index (χ2v) is 5.61. The number of nitrogens with zero attached hydrogens (tertiary/aromatic N) is 1. The summed E-state index contributed by atoms with van der Waals surface area (Å²) in [6, 6.07) is 13.1. The Kier molecular flexibility index (Phi) is 6.76. The summed E-state index contributed by atoms with van der Waals surface area (Å²) in [5.41, 5.74) is 11.2. The summed E-state index contributed by atoms with van der Waals surface area (Å²) in [6.07, 6.45) is -0.00432. The molecule has 0 heterocycles. The molecule has 0 spiro atoms. The third kappa shape index (κ3) is 5.46. The fourth-order valence-electron chi connectivity index (χ4n) is 2.40. The van der Waals surface area contributed by atoms with E-state index in [1.807, 2.05) is 0 Å². The summed E-state index contributed by atoms with van der Waals surface area (Å²) in [6.45, 7) is -0.240. The van der Waals surface area contributed by atoms with E-state index < -0.39 is 17.7 Å². The van der Waals surface area contributed by atoms with Crippen LogP contribution in [0.25, 0.3) is 0 Å². The Balaban J connectivity index is 2.15. The number of hydrogen-bond donors (Lipinski definition) is 2. The number of anilines is 1. The number of carbonyl (C=O) groups is 3. The summed E-state index contributed by atoms with van der Waals surface area (Å²) in [7, 11) is 1.54. The van der Waals surface area contributed by atoms with Gasteiger partial charge in [-0.2, -0.15) is 0 Å². The average Bonchev–Trinajstić information content (AvgIpc) is 2.66. The van der Waals surface area contributed by atoms with Crippen LogP contribution < -0.4 is 25.8 Å². The molecule has 0 aromatic heterocycles. The summed E-state index contributed by atoms with van der Waals surface area (Å²) in [5.74, 6) is -0.739. The first-order valence-corrected chi connectivity index (χ1v) is 8.16. The molecule has 3 amide bonds. The molecule has 0 fully saturated rings. The summed E-state index contributed by atoms with van der Waals surface area (Å²) in [5, 5.41) is 0. The highest BCUT2D eigenvalue weighted by Gasteiger charge is 2.18. The van der Waals surface area contributed by atoms with Crippen LogP contribution in [-0.4, -0.2) is 38.0 Å². The minimum atomic E-state index is -0.654. The lowest BCUT2D eigenvalue weighted by Gasteiger charge is -2.23. The highest BCUT2D eigenvalue weighted by atomic mass is 16.5. The summed E-state index contributed by atoms with van der Waals surface area (Å²) >= 11 is 0. The number of rotatable bonds is 9. The van der Waals surface area contributed by atoms with Crippen LogP contribution in [0, 0.1) is 0 Å². The predicted molar refractivity (Wildman–Crippen MR) is 99.6 cm³/mol. The zero-order valence-electron chi connectivity index (χ0n) is 14.9. The molecule has 8 nitrogen and oxygen atoms in total. The fraction of sp³-hybridized carbons (Fsp3) is 0.211. The first kappa shape index (κ1) is 19.8. The number of hydrogen-bond acceptors (Lipinski definition) is 5. The van der Waals surface area contributed by atoms with Crippen LogP contribution >= 0.6 is 0 Å². The van der Waals surface area contributed by atoms with Gasteiger partial charge in [-0.15, -0.1) is 0 Å². The minimum Gasteiger partial charge on any atom is -0.497 e. The molecule has 142 valence electrons. The van der Waals surface area contributed by atoms with Crippen LogP contribution in [-0.2, 0) is 9.59 Å². The van der Waals surface area contributed by atoms with E-state index in [1.165, 1.54) is 18.1 Å². The zero-order chi connectivity index (χ0) is 19.8. The van der Waals surface area contributed by atoms with Crippen molar-refractivity contribution in [2.75, 3.05) is 25.2 Å². The highest BCUT2D eigenvalue weighted by molar-refractivity contribution is 5.97. The maximum absolute atomic E-state index is 12.7. The lowest BCUT2D eigenvalue weighted by molar-refractivity contribution is -0.120. The molecule has 0 radical (unpaired) electrons. The maximum atomic E-state index is 12.7. The van der Waals surface area contributed by atoms with Crippen LogP contribution in [0.4, 0.5) is 5.69 Å². The van der Waals surface area contributed by atoms with Gasteiger partial charge in [-0.25, -0.2) is 0 Å². The van der Waals surface area contributed by atoms with Gasteiger partial charge in [-0.05, 0) is 36.4 Å². The molecule has 0 aliphatic heterocycles. The molecule has 27 heavy (non-hydrogen) atoms. The van der Waals surface area contributed by atoms with E-state index in [0.29, 0.717) is 11.4 Å². The first-order valence-electron chi connectivity index (χ1n) is 8.16. The molecule has 0 saturated carbocycles. The quantitative estimate of drug-likeness (QED) is 0.682. The molecular formula is C19H21N3O5. The van der Waals surface area contributed by atoms with Crippen molar-refractivity contribution < 1.29 is 23.9 Å². The molecule has 0 aliphatic rings. The number of para-hydroxylation sites is 1. The van der Waals surface area contributed by atoms with Gasteiger partial charge in [-0.1, -0.05) is 12.1 Å². The van der Waals surface area contributed by atoms with Gasteiger partial charge >= 0.3 is 0 Å². The fourth-order valence-corrected chi connectivity index (χ4v) is 2.40. The standard InChI is InChI=1S/C19H21N3O5/c1-26-14-8-6-13(7-9-14)22(11-10-17(20)23)18(24)12-27-16-5-3-2-4-15(16)19(21)25/h2-9H,10-12H2,1H3,(H2,20,23)(H2,21,25). The van der Waals surface area contributed by atoms with Crippen molar-refractivity contribution in [3.05, 3.63) is 54.1 Å². The van der Waals surface area contributed by atoms with Crippen molar-refractivity contribution >= 4 is 23.4 Å². The Morgan fingerprint density at radius 1 is 1.00 bits per heavy atom. The molecule has 2 rings (SSSR count). The van der Waals surface area contributed by atoms with E-state index in [2.05, 4.69) is 0 Å². The molecule has 0 aliphatic carbocycles. The molecule has 0 bridgehead atoms. The topological polar surface area (TPSA) is 125 Å². The molecule has 2 aromatic carbocycles. The van der Waals surface area contributed by atoms with Gasteiger partial charge in [0.05, 0.1) is 12.7 Å². The van der Waals surface area contributed by atoms with Crippen LogP contribution in [0.2, 0.25) is 0 Å². The minimum absolute atomic E-state index is 0.00432. The van der Waals surface area contributed by atoms with Crippen molar-refractivity contribution in [1.29, 1.82) is 0 Å². The number of primary amides is 2. The molecule has 0 atom stereocenters. The Bertz CT molecular complexity index is 820. The van der Waals surface area contributed by atoms with Crippen molar-refractivity contribution in [3.8, 4) is 11.5 Å². The van der Waals surface area contributed by atoms with Crippen LogP contribution in [0.3, 0.4) is 0 Å². The second-order valence-electron chi connectivity index (χ2n) is 5.61. The molecule has 8 heteroatoms. The maximum Gasteiger partial charge on any atom is 0.264 e. The number of amides is 3. The monoisotopic (exact) mass is 371 g/mol. The Morgan fingerprint density at radius 2 is 1.67 bits per heavy atom. The van der Waals surface area contributed by atoms with E-state index in [9.17, 15) is 14.4 Å². The first-order chi connectivity index (χ1) is 12.9. The third-order valence-electron chi connectivity index (χ3n) is 3.77. The lowest BCUT2D eigenvalue weighted by Crippen LogP contribution is -2.37. The number of carbonyl (C=O) groups excluding carboxylic acids is 3. The van der Waals surface area contributed by atoms with Gasteiger partial charge in [0.15, 0.2) is 6.61 Å². The number of nitrogens with two attached hydrogens (primary N) is 2. The van der Waals surface area contributed by atoms with E-state index in [1.54, 1.807) is 42.5 Å². The van der Waals surface area contributed by atoms with Crippen LogP contribution in [0.1, 0.15) is 16.8 Å². The lowest BCUT2D eigenvalue weighted by atomic mass is 10.2. The molecule has 2 aromatic rings. The zero-order valence-corrected chi connectivity index (χ0v) is 14.9. The van der Waals surface area contributed by atoms with Crippen molar-refractivity contribution in [2.45, 2.75) is 6.42 Å². The normalized spacial score (nSPS) is 10.1. The second kappa shape index (κ2) is 9.23. The highest BCUT2D eigenvalue weighted by Crippen LogP contribution is 2.21. The van der Waals surface area contributed by atoms with E-state index in [4.69, 9.17) is 20.9 Å². The van der Waals surface area contributed by atoms with Gasteiger partial charge in [-0.3, -0.25) is 14.4 Å². The molecule has 0 saturated heterocycles. The van der Waals surface area contributed by atoms with Crippen LogP contribution in [0.5, 0.6) is 11.5 Å². The van der Waals surface area contributed by atoms with Crippen molar-refractivity contribution in [2.24, 2.45) is 11.5 Å². The van der Waals surface area contributed by atoms with Crippen molar-refractivity contribution in [3.63, 3.8) is 0 Å². The molecular weight excluding hydrogens is 350 g/mol. The van der Waals surface area contributed by atoms with E-state index >= 15 is 0 Å². The summed E-state index contributed by atoms with van der Waals surface area (Å²) in [4.78, 5) is 36.6. The van der Waals surface area contributed by atoms with Crippen LogP contribution in [0.15, 0.2) is 48.5 Å². The van der Waals surface area contributed by atoms with Crippen molar-refractivity contribution in [1.82, 2.24) is 0 Å². The van der Waals surface area contributed by atoms with E-state index in [0.717, 1.165) is 0 Å². The molecule has 4 N–H and O–H groups in total. The third-order valence-corrected chi connectivity index (χ3v) is 3.77. The predicted octanol–water partition coefficient (Wildman–Crippen LogP) is 1.08. The number of ether oxygens (including phenoxy) is 2. The van der Waals surface area contributed by atoms with Gasteiger partial charge in [0, 0.05) is 18.7 Å². The van der Waals surface area contributed by atoms with Gasteiger partial charge in [0.25, 0.3) is 11.8 Å². The van der Waals surface area contributed by atoms with Gasteiger partial charge < -0.3 is 25.8 Å². The van der Waals surface area contributed by atoms with Gasteiger partial charge in [0.1, 0.15) is 11.5 Å². The Morgan fingerprint density at radius 3 is 2.26 bits per heavy atom. The summed E-state index contributed by atoms with van der Waals surface area (Å²) < 4.78 is 10.6. The van der Waals surface area contributed by atoms with E-state index in [-0.39, 0.29) is 30.9 Å². The smallest absolute Gasteiger partial charge is 0.264 e. The average molecular weight is 371 g/mol. The van der Waals surface area contributed by atoms with Gasteiger partial charge in [0.2, 0.25) is 5.91 Å². The largest absolute Gasteiger partial charge is 0.497 e. The number of methoxy groups -OCH3 is 1. The molecule has 0 unspecified atom stereocenters.